The lowest BCUT2D eigenvalue weighted by Crippen LogP contribution is -2.43. The summed E-state index contributed by atoms with van der Waals surface area (Å²) in [6, 6.07) is 9.79. The minimum atomic E-state index is 0.617. The van der Waals surface area contributed by atoms with Crippen LogP contribution >= 0.6 is 0 Å². The Morgan fingerprint density at radius 1 is 1.22 bits per heavy atom. The van der Waals surface area contributed by atoms with Gasteiger partial charge in [0.2, 0.25) is 0 Å². The molecule has 0 aliphatic heterocycles. The van der Waals surface area contributed by atoms with E-state index >= 15 is 0 Å². The highest BCUT2D eigenvalue weighted by molar-refractivity contribution is 5.81. The van der Waals surface area contributed by atoms with E-state index in [-0.39, 0.29) is 0 Å². The van der Waals surface area contributed by atoms with E-state index in [1.54, 1.807) is 7.11 Å². The summed E-state index contributed by atoms with van der Waals surface area (Å²) in [6.45, 7) is 0. The first-order chi connectivity index (χ1) is 8.70. The van der Waals surface area contributed by atoms with E-state index in [1.807, 2.05) is 6.07 Å². The van der Waals surface area contributed by atoms with Crippen LogP contribution in [0.3, 0.4) is 0 Å². The molecule has 1 fully saturated rings. The lowest BCUT2D eigenvalue weighted by Gasteiger charge is -2.42. The fourth-order valence-electron chi connectivity index (χ4n) is 2.95. The number of aromatic nitrogens is 1. The summed E-state index contributed by atoms with van der Waals surface area (Å²) in [5.41, 5.74) is 1.31. The maximum absolute atomic E-state index is 5.27. The summed E-state index contributed by atoms with van der Waals surface area (Å²) < 4.78 is 7.69. The van der Waals surface area contributed by atoms with E-state index < -0.39 is 0 Å². The number of hydrogen-bond acceptors (Lipinski definition) is 2. The van der Waals surface area contributed by atoms with Gasteiger partial charge in [-0.2, -0.15) is 0 Å². The van der Waals surface area contributed by atoms with Crippen molar-refractivity contribution in [3.63, 3.8) is 0 Å². The van der Waals surface area contributed by atoms with Crippen LogP contribution in [0.5, 0.6) is 5.75 Å². The molecule has 1 aromatic carbocycles. The Morgan fingerprint density at radius 3 is 2.67 bits per heavy atom. The maximum Gasteiger partial charge on any atom is 0.119 e. The molecule has 0 amide bonds. The summed E-state index contributed by atoms with van der Waals surface area (Å²) in [5, 5.41) is 1.26. The Kier molecular flexibility index (Phi) is 2.78. The summed E-state index contributed by atoms with van der Waals surface area (Å²) in [6.07, 6.45) is 4.79. The molecule has 18 heavy (non-hydrogen) atoms. The van der Waals surface area contributed by atoms with Crippen LogP contribution in [0.15, 0.2) is 30.5 Å². The average molecular weight is 244 g/mol. The van der Waals surface area contributed by atoms with Crippen LogP contribution in [0.25, 0.3) is 10.9 Å². The van der Waals surface area contributed by atoms with Gasteiger partial charge in [-0.05, 0) is 51.2 Å². The molecule has 2 atom stereocenters. The van der Waals surface area contributed by atoms with Crippen LogP contribution in [-0.2, 0) is 0 Å². The third-order valence-corrected chi connectivity index (χ3v) is 4.15. The molecule has 1 aliphatic carbocycles. The van der Waals surface area contributed by atoms with Gasteiger partial charge < -0.3 is 14.2 Å². The first kappa shape index (κ1) is 11.6. The fourth-order valence-corrected chi connectivity index (χ4v) is 2.95. The van der Waals surface area contributed by atoms with E-state index in [4.69, 9.17) is 4.74 Å². The number of fused-ring (bicyclic) bond motifs is 1. The van der Waals surface area contributed by atoms with Gasteiger partial charge in [-0.1, -0.05) is 0 Å². The second-order valence-corrected chi connectivity index (χ2v) is 5.32. The summed E-state index contributed by atoms with van der Waals surface area (Å²) >= 11 is 0. The zero-order valence-corrected chi connectivity index (χ0v) is 11.3. The minimum Gasteiger partial charge on any atom is -0.497 e. The van der Waals surface area contributed by atoms with Crippen LogP contribution in [0, 0.1) is 0 Å². The highest BCUT2D eigenvalue weighted by Gasteiger charge is 2.34. The van der Waals surface area contributed by atoms with Crippen molar-refractivity contribution >= 4 is 10.9 Å². The second-order valence-electron chi connectivity index (χ2n) is 5.32. The molecule has 1 saturated carbocycles. The molecular weight excluding hydrogens is 224 g/mol. The molecule has 0 N–H and O–H groups in total. The monoisotopic (exact) mass is 244 g/mol. The molecule has 1 aromatic heterocycles. The van der Waals surface area contributed by atoms with Gasteiger partial charge in [0.05, 0.1) is 7.11 Å². The molecule has 3 nitrogen and oxygen atoms in total. The molecular formula is C15H20N2O. The van der Waals surface area contributed by atoms with Crippen LogP contribution in [0.4, 0.5) is 0 Å². The number of rotatable bonds is 3. The first-order valence-corrected chi connectivity index (χ1v) is 6.51. The molecule has 0 bridgehead atoms. The van der Waals surface area contributed by atoms with Crippen molar-refractivity contribution in [2.24, 2.45) is 0 Å². The Bertz CT molecular complexity index is 559. The van der Waals surface area contributed by atoms with E-state index in [0.29, 0.717) is 12.1 Å². The number of likely N-dealkylation sites (N-methyl/N-ethyl adjacent to an activating group) is 1. The van der Waals surface area contributed by atoms with Gasteiger partial charge in [-0.3, -0.25) is 0 Å². The van der Waals surface area contributed by atoms with Crippen LogP contribution in [-0.4, -0.2) is 36.7 Å². The molecule has 3 rings (SSSR count). The number of benzene rings is 1. The molecule has 0 radical (unpaired) electrons. The summed E-state index contributed by atoms with van der Waals surface area (Å²) in [4.78, 5) is 2.34. The summed E-state index contributed by atoms with van der Waals surface area (Å²) in [7, 11) is 6.06. The third kappa shape index (κ3) is 1.70. The van der Waals surface area contributed by atoms with Crippen molar-refractivity contribution in [2.75, 3.05) is 21.2 Å². The SMILES string of the molecule is COc1ccc2c(ccn2[C@H]2CC[C@@H]2N(C)C)c1. The molecule has 3 heteroatoms. The van der Waals surface area contributed by atoms with E-state index in [2.05, 4.69) is 48.0 Å². The molecule has 2 aromatic rings. The van der Waals surface area contributed by atoms with Crippen molar-refractivity contribution < 1.29 is 4.74 Å². The highest BCUT2D eigenvalue weighted by atomic mass is 16.5. The summed E-state index contributed by atoms with van der Waals surface area (Å²) in [5.74, 6) is 0.929. The van der Waals surface area contributed by atoms with Gasteiger partial charge in [0, 0.05) is 29.2 Å². The van der Waals surface area contributed by atoms with E-state index in [9.17, 15) is 0 Å². The van der Waals surface area contributed by atoms with Crippen molar-refractivity contribution in [3.8, 4) is 5.75 Å². The Hall–Kier alpha value is -1.48. The lowest BCUT2D eigenvalue weighted by atomic mass is 9.85. The number of nitrogens with zero attached hydrogens (tertiary/aromatic N) is 2. The van der Waals surface area contributed by atoms with Gasteiger partial charge in [-0.15, -0.1) is 0 Å². The molecule has 0 unspecified atom stereocenters. The van der Waals surface area contributed by atoms with Crippen LogP contribution in [0.1, 0.15) is 18.9 Å². The molecule has 1 heterocycles. The first-order valence-electron chi connectivity index (χ1n) is 6.51. The predicted octanol–water partition coefficient (Wildman–Crippen LogP) is 2.92. The van der Waals surface area contributed by atoms with E-state index in [0.717, 1.165) is 5.75 Å². The van der Waals surface area contributed by atoms with Crippen LogP contribution < -0.4 is 4.74 Å². The second kappa shape index (κ2) is 4.32. The minimum absolute atomic E-state index is 0.617. The molecule has 96 valence electrons. The van der Waals surface area contributed by atoms with Crippen molar-refractivity contribution in [1.82, 2.24) is 9.47 Å². The topological polar surface area (TPSA) is 17.4 Å². The van der Waals surface area contributed by atoms with Crippen molar-refractivity contribution in [1.29, 1.82) is 0 Å². The largest absolute Gasteiger partial charge is 0.497 e. The quantitative estimate of drug-likeness (QED) is 0.826. The van der Waals surface area contributed by atoms with Gasteiger partial charge in [0.1, 0.15) is 5.75 Å². The zero-order chi connectivity index (χ0) is 12.7. The normalized spacial score (nSPS) is 23.3. The van der Waals surface area contributed by atoms with Crippen molar-refractivity contribution in [3.05, 3.63) is 30.5 Å². The van der Waals surface area contributed by atoms with Gasteiger partial charge >= 0.3 is 0 Å². The Morgan fingerprint density at radius 2 is 2.06 bits per heavy atom. The number of hydrogen-bond donors (Lipinski definition) is 0. The van der Waals surface area contributed by atoms with E-state index in [1.165, 1.54) is 23.7 Å². The number of methoxy groups -OCH3 is 1. The standard InChI is InChI=1S/C15H20N2O/c1-16(2)14-6-7-15(14)17-9-8-11-10-12(18-3)4-5-13(11)17/h4-5,8-10,14-15H,6-7H2,1-3H3/t14-,15-/m0/s1. The third-order valence-electron chi connectivity index (χ3n) is 4.15. The van der Waals surface area contributed by atoms with Gasteiger partial charge in [-0.25, -0.2) is 0 Å². The van der Waals surface area contributed by atoms with Crippen molar-refractivity contribution in [2.45, 2.75) is 24.9 Å². The predicted molar refractivity (Wildman–Crippen MR) is 74.2 cm³/mol. The average Bonchev–Trinajstić information content (AvgIpc) is 2.70. The molecule has 0 saturated heterocycles. The fraction of sp³-hybridized carbons (Fsp3) is 0.467. The van der Waals surface area contributed by atoms with Gasteiger partial charge in [0.25, 0.3) is 0 Å². The van der Waals surface area contributed by atoms with Gasteiger partial charge in [0.15, 0.2) is 0 Å². The smallest absolute Gasteiger partial charge is 0.119 e. The zero-order valence-electron chi connectivity index (χ0n) is 11.3. The lowest BCUT2D eigenvalue weighted by molar-refractivity contribution is 0.116. The Labute approximate surface area is 108 Å². The molecule has 0 spiro atoms. The van der Waals surface area contributed by atoms with Crippen LogP contribution in [0.2, 0.25) is 0 Å². The maximum atomic E-state index is 5.27. The highest BCUT2D eigenvalue weighted by Crippen LogP contribution is 2.38. The number of ether oxygens (including phenoxy) is 1. The Balaban J connectivity index is 1.98. The molecule has 1 aliphatic rings.